The van der Waals surface area contributed by atoms with E-state index >= 15 is 0 Å². The van der Waals surface area contributed by atoms with Crippen LogP contribution in [0.25, 0.3) is 0 Å². The number of carbonyl (C=O) groups is 1. The summed E-state index contributed by atoms with van der Waals surface area (Å²) in [5, 5.41) is 9.02. The van der Waals surface area contributed by atoms with Gasteiger partial charge in [-0.1, -0.05) is 33.6 Å². The van der Waals surface area contributed by atoms with Crippen LogP contribution in [0.15, 0.2) is 0 Å². The minimum absolute atomic E-state index is 0.0444. The fraction of sp³-hybridized carbons (Fsp3) is 0.923. The summed E-state index contributed by atoms with van der Waals surface area (Å²) >= 11 is 0. The Morgan fingerprint density at radius 1 is 1.19 bits per heavy atom. The Kier molecular flexibility index (Phi) is 4.78. The third kappa shape index (κ3) is 4.12. The summed E-state index contributed by atoms with van der Waals surface area (Å²) in [6.45, 7) is 8.56. The van der Waals surface area contributed by atoms with Crippen LogP contribution in [0.3, 0.4) is 0 Å². The van der Waals surface area contributed by atoms with Crippen LogP contribution in [0.1, 0.15) is 52.9 Å². The number of aliphatic carboxylic acids is 1. The van der Waals surface area contributed by atoms with E-state index in [9.17, 15) is 4.79 Å². The minimum Gasteiger partial charge on any atom is -0.481 e. The average molecular weight is 227 g/mol. The summed E-state index contributed by atoms with van der Waals surface area (Å²) in [5.41, 5.74) is 0.0444. The molecule has 0 aliphatic carbocycles. The molecule has 1 saturated heterocycles. The van der Waals surface area contributed by atoms with E-state index in [2.05, 4.69) is 25.7 Å². The van der Waals surface area contributed by atoms with Crippen LogP contribution in [0.5, 0.6) is 0 Å². The molecule has 3 nitrogen and oxygen atoms in total. The van der Waals surface area contributed by atoms with Crippen molar-refractivity contribution in [2.45, 2.75) is 58.9 Å². The fourth-order valence-electron chi connectivity index (χ4n) is 2.56. The molecule has 0 amide bonds. The first-order valence-electron chi connectivity index (χ1n) is 6.37. The second kappa shape index (κ2) is 5.67. The number of likely N-dealkylation sites (tertiary alicyclic amines) is 1. The van der Waals surface area contributed by atoms with E-state index in [0.717, 1.165) is 13.1 Å². The molecule has 1 aliphatic rings. The Morgan fingerprint density at radius 3 is 2.06 bits per heavy atom. The largest absolute Gasteiger partial charge is 0.481 e. The van der Waals surface area contributed by atoms with E-state index in [0.29, 0.717) is 0 Å². The highest BCUT2D eigenvalue weighted by Gasteiger charge is 2.32. The van der Waals surface area contributed by atoms with Crippen LogP contribution < -0.4 is 0 Å². The molecule has 1 fully saturated rings. The maximum absolute atomic E-state index is 11.0. The van der Waals surface area contributed by atoms with Gasteiger partial charge in [0, 0.05) is 6.04 Å². The van der Waals surface area contributed by atoms with E-state index in [-0.39, 0.29) is 17.9 Å². The molecule has 1 rings (SSSR count). The van der Waals surface area contributed by atoms with Gasteiger partial charge in [0.05, 0.1) is 6.42 Å². The summed E-state index contributed by atoms with van der Waals surface area (Å²) in [6, 6.07) is 0.170. The Balaban J connectivity index is 2.69. The third-order valence-corrected chi connectivity index (χ3v) is 3.45. The van der Waals surface area contributed by atoms with Crippen molar-refractivity contribution in [2.24, 2.45) is 5.41 Å². The first-order valence-corrected chi connectivity index (χ1v) is 6.37. The van der Waals surface area contributed by atoms with Crippen LogP contribution >= 0.6 is 0 Å². The second-order valence-corrected chi connectivity index (χ2v) is 5.93. The summed E-state index contributed by atoms with van der Waals surface area (Å²) in [6.07, 6.45) is 5.28. The minimum atomic E-state index is -0.677. The number of hydrogen-bond acceptors (Lipinski definition) is 2. The van der Waals surface area contributed by atoms with Crippen LogP contribution in [-0.2, 0) is 4.79 Å². The van der Waals surface area contributed by atoms with Gasteiger partial charge in [0.25, 0.3) is 0 Å². The molecule has 0 spiro atoms. The van der Waals surface area contributed by atoms with Gasteiger partial charge in [-0.3, -0.25) is 9.69 Å². The molecule has 16 heavy (non-hydrogen) atoms. The van der Waals surface area contributed by atoms with Crippen molar-refractivity contribution in [1.82, 2.24) is 4.90 Å². The number of hydrogen-bond donors (Lipinski definition) is 1. The Hall–Kier alpha value is -0.570. The van der Waals surface area contributed by atoms with Gasteiger partial charge in [0.15, 0.2) is 0 Å². The van der Waals surface area contributed by atoms with E-state index in [1.807, 2.05) is 0 Å². The molecule has 1 unspecified atom stereocenters. The van der Waals surface area contributed by atoms with Gasteiger partial charge in [-0.2, -0.15) is 0 Å². The predicted octanol–water partition coefficient (Wildman–Crippen LogP) is 2.75. The van der Waals surface area contributed by atoms with Crippen LogP contribution in [0.2, 0.25) is 0 Å². The van der Waals surface area contributed by atoms with Gasteiger partial charge in [-0.05, 0) is 31.3 Å². The summed E-state index contributed by atoms with van der Waals surface area (Å²) in [5.74, 6) is -0.677. The molecule has 0 aromatic heterocycles. The number of rotatable bonds is 3. The second-order valence-electron chi connectivity index (χ2n) is 5.93. The van der Waals surface area contributed by atoms with Crippen molar-refractivity contribution in [1.29, 1.82) is 0 Å². The van der Waals surface area contributed by atoms with Crippen LogP contribution in [0, 0.1) is 5.41 Å². The van der Waals surface area contributed by atoms with Crippen molar-refractivity contribution < 1.29 is 9.90 Å². The molecule has 0 radical (unpaired) electrons. The maximum atomic E-state index is 11.0. The standard InChI is InChI=1S/C13H25NO2/c1-13(2,3)11(10-12(15)16)14-8-6-4-5-7-9-14/h11H,4-10H2,1-3H3,(H,15,16). The highest BCUT2D eigenvalue weighted by Crippen LogP contribution is 2.28. The highest BCUT2D eigenvalue weighted by molar-refractivity contribution is 5.67. The summed E-state index contributed by atoms with van der Waals surface area (Å²) in [7, 11) is 0. The Bertz CT molecular complexity index is 225. The molecule has 1 atom stereocenters. The zero-order valence-corrected chi connectivity index (χ0v) is 10.8. The normalized spacial score (nSPS) is 21.4. The molecule has 94 valence electrons. The predicted molar refractivity (Wildman–Crippen MR) is 65.5 cm³/mol. The van der Waals surface area contributed by atoms with Crippen LogP contribution in [-0.4, -0.2) is 35.1 Å². The molecule has 1 N–H and O–H groups in total. The lowest BCUT2D eigenvalue weighted by atomic mass is 9.83. The zero-order valence-electron chi connectivity index (χ0n) is 10.8. The van der Waals surface area contributed by atoms with Gasteiger partial charge in [0.2, 0.25) is 0 Å². The highest BCUT2D eigenvalue weighted by atomic mass is 16.4. The van der Waals surface area contributed by atoms with Crippen molar-refractivity contribution in [3.05, 3.63) is 0 Å². The molecule has 0 saturated carbocycles. The van der Waals surface area contributed by atoms with E-state index in [4.69, 9.17) is 5.11 Å². The maximum Gasteiger partial charge on any atom is 0.304 e. The zero-order chi connectivity index (χ0) is 12.2. The van der Waals surface area contributed by atoms with E-state index < -0.39 is 5.97 Å². The topological polar surface area (TPSA) is 40.5 Å². The monoisotopic (exact) mass is 227 g/mol. The number of nitrogens with zero attached hydrogens (tertiary/aromatic N) is 1. The van der Waals surface area contributed by atoms with Crippen LogP contribution in [0.4, 0.5) is 0 Å². The molecule has 3 heteroatoms. The molecule has 0 aromatic rings. The Labute approximate surface area is 98.8 Å². The van der Waals surface area contributed by atoms with Gasteiger partial charge in [0.1, 0.15) is 0 Å². The number of carboxylic acids is 1. The average Bonchev–Trinajstić information content (AvgIpc) is 2.40. The lowest BCUT2D eigenvalue weighted by molar-refractivity contribution is -0.139. The molecular formula is C13H25NO2. The molecule has 1 heterocycles. The summed E-state index contributed by atoms with van der Waals surface area (Å²) < 4.78 is 0. The fourth-order valence-corrected chi connectivity index (χ4v) is 2.56. The van der Waals surface area contributed by atoms with Gasteiger partial charge < -0.3 is 5.11 Å². The van der Waals surface area contributed by atoms with Crippen molar-refractivity contribution in [3.8, 4) is 0 Å². The third-order valence-electron chi connectivity index (χ3n) is 3.45. The SMILES string of the molecule is CC(C)(C)C(CC(=O)O)N1CCCCCC1. The van der Waals surface area contributed by atoms with Crippen molar-refractivity contribution >= 4 is 5.97 Å². The lowest BCUT2D eigenvalue weighted by Crippen LogP contribution is -2.45. The number of carboxylic acid groups (broad SMARTS) is 1. The smallest absolute Gasteiger partial charge is 0.304 e. The van der Waals surface area contributed by atoms with Gasteiger partial charge in [-0.15, -0.1) is 0 Å². The van der Waals surface area contributed by atoms with Crippen molar-refractivity contribution in [3.63, 3.8) is 0 Å². The Morgan fingerprint density at radius 2 is 1.69 bits per heavy atom. The summed E-state index contributed by atoms with van der Waals surface area (Å²) in [4.78, 5) is 13.3. The molecule has 0 bridgehead atoms. The van der Waals surface area contributed by atoms with Gasteiger partial charge in [-0.25, -0.2) is 0 Å². The first-order chi connectivity index (χ1) is 7.41. The molecular weight excluding hydrogens is 202 g/mol. The quantitative estimate of drug-likeness (QED) is 0.806. The first kappa shape index (κ1) is 13.5. The van der Waals surface area contributed by atoms with E-state index in [1.165, 1.54) is 25.7 Å². The lowest BCUT2D eigenvalue weighted by Gasteiger charge is -2.39. The molecule has 1 aliphatic heterocycles. The van der Waals surface area contributed by atoms with Gasteiger partial charge >= 0.3 is 5.97 Å². The van der Waals surface area contributed by atoms with Crippen molar-refractivity contribution in [2.75, 3.05) is 13.1 Å². The van der Waals surface area contributed by atoms with E-state index in [1.54, 1.807) is 0 Å². The molecule has 0 aromatic carbocycles.